The molecule has 0 aliphatic carbocycles. The largest absolute Gasteiger partial charge is 0.493 e. The maximum Gasteiger partial charge on any atom is 0.122 e. The molecule has 2 unspecified atom stereocenters. The number of para-hydroxylation sites is 1. The van der Waals surface area contributed by atoms with E-state index >= 15 is 0 Å². The predicted molar refractivity (Wildman–Crippen MR) is 85.9 cm³/mol. The van der Waals surface area contributed by atoms with Crippen molar-refractivity contribution in [1.29, 1.82) is 0 Å². The minimum atomic E-state index is -0.596. The van der Waals surface area contributed by atoms with E-state index in [4.69, 9.17) is 10.5 Å². The van der Waals surface area contributed by atoms with Crippen molar-refractivity contribution in [2.75, 3.05) is 13.2 Å². The predicted octanol–water partition coefficient (Wildman–Crippen LogP) is 2.98. The fraction of sp³-hybridized carbons (Fsp3) is 0.412. The highest BCUT2D eigenvalue weighted by atomic mass is 32.1. The van der Waals surface area contributed by atoms with Crippen LogP contribution in [-0.2, 0) is 6.42 Å². The first-order valence-electron chi connectivity index (χ1n) is 7.21. The number of ether oxygens (including phenoxy) is 1. The lowest BCUT2D eigenvalue weighted by Gasteiger charge is -2.40. The van der Waals surface area contributed by atoms with Gasteiger partial charge in [-0.1, -0.05) is 18.2 Å². The number of aliphatic hydroxyl groups is 1. The zero-order valence-corrected chi connectivity index (χ0v) is 13.2. The van der Waals surface area contributed by atoms with Crippen molar-refractivity contribution in [2.24, 2.45) is 11.1 Å². The monoisotopic (exact) mass is 303 g/mol. The Kier molecular flexibility index (Phi) is 3.78. The summed E-state index contributed by atoms with van der Waals surface area (Å²) in [5.74, 6) is 0.909. The fourth-order valence-electron chi connectivity index (χ4n) is 3.11. The van der Waals surface area contributed by atoms with Crippen LogP contribution in [0.25, 0.3) is 0 Å². The summed E-state index contributed by atoms with van der Waals surface area (Å²) < 4.78 is 5.88. The van der Waals surface area contributed by atoms with Crippen LogP contribution in [0.1, 0.15) is 27.0 Å². The quantitative estimate of drug-likeness (QED) is 0.916. The van der Waals surface area contributed by atoms with Crippen LogP contribution in [0.2, 0.25) is 0 Å². The Balaban J connectivity index is 1.97. The average Bonchev–Trinajstić information content (AvgIpc) is 2.84. The van der Waals surface area contributed by atoms with E-state index in [2.05, 4.69) is 26.0 Å². The summed E-state index contributed by atoms with van der Waals surface area (Å²) in [5.41, 5.74) is 7.72. The molecule has 1 aromatic carbocycles. The van der Waals surface area contributed by atoms with Crippen molar-refractivity contribution in [3.05, 3.63) is 51.2 Å². The molecule has 4 heteroatoms. The van der Waals surface area contributed by atoms with Crippen LogP contribution < -0.4 is 10.5 Å². The van der Waals surface area contributed by atoms with E-state index in [9.17, 15) is 5.11 Å². The number of rotatable bonds is 3. The first kappa shape index (κ1) is 14.6. The van der Waals surface area contributed by atoms with Crippen molar-refractivity contribution in [3.8, 4) is 5.75 Å². The molecule has 0 fully saturated rings. The molecule has 3 N–H and O–H groups in total. The number of aliphatic hydroxyl groups excluding tert-OH is 1. The van der Waals surface area contributed by atoms with Gasteiger partial charge in [0.25, 0.3) is 0 Å². The summed E-state index contributed by atoms with van der Waals surface area (Å²) in [5, 5.41) is 11.0. The molecule has 1 aromatic heterocycles. The van der Waals surface area contributed by atoms with E-state index in [0.29, 0.717) is 13.2 Å². The number of hydrogen-bond acceptors (Lipinski definition) is 4. The molecule has 3 rings (SSSR count). The molecule has 2 heterocycles. The molecule has 3 nitrogen and oxygen atoms in total. The van der Waals surface area contributed by atoms with Crippen molar-refractivity contribution >= 4 is 11.3 Å². The second-order valence-electron chi connectivity index (χ2n) is 5.91. The van der Waals surface area contributed by atoms with E-state index in [1.807, 2.05) is 18.2 Å². The Hall–Kier alpha value is -1.36. The van der Waals surface area contributed by atoms with Crippen LogP contribution in [0.3, 0.4) is 0 Å². The minimum absolute atomic E-state index is 0.400. The summed E-state index contributed by atoms with van der Waals surface area (Å²) in [4.78, 5) is 2.37. The van der Waals surface area contributed by atoms with E-state index < -0.39 is 11.5 Å². The molecule has 0 saturated carbocycles. The number of thiophene rings is 1. The molecule has 2 aromatic rings. The molecule has 0 spiro atoms. The van der Waals surface area contributed by atoms with Crippen molar-refractivity contribution < 1.29 is 9.84 Å². The molecule has 0 amide bonds. The van der Waals surface area contributed by atoms with Gasteiger partial charge in [0, 0.05) is 16.3 Å². The number of benzene rings is 1. The molecule has 0 bridgehead atoms. The Labute approximate surface area is 129 Å². The molecular formula is C17H21NO2S. The standard InChI is InChI=1S/C17H21NO2S/c1-11-7-14(12(2)21-11)16(19)17(9-18)8-13-5-3-4-6-15(13)20-10-17/h3-7,16,19H,8-10,18H2,1-2H3. The van der Waals surface area contributed by atoms with Crippen LogP contribution in [0.15, 0.2) is 30.3 Å². The third kappa shape index (κ3) is 2.48. The van der Waals surface area contributed by atoms with Gasteiger partial charge in [0.2, 0.25) is 0 Å². The molecule has 2 atom stereocenters. The summed E-state index contributed by atoms with van der Waals surface area (Å²) in [6.45, 7) is 4.97. The van der Waals surface area contributed by atoms with Gasteiger partial charge in [-0.05, 0) is 43.5 Å². The minimum Gasteiger partial charge on any atom is -0.493 e. The van der Waals surface area contributed by atoms with Gasteiger partial charge in [0.1, 0.15) is 5.75 Å². The molecule has 1 aliphatic heterocycles. The van der Waals surface area contributed by atoms with Crippen LogP contribution in [0, 0.1) is 19.3 Å². The molecular weight excluding hydrogens is 282 g/mol. The first-order valence-corrected chi connectivity index (χ1v) is 8.03. The second kappa shape index (κ2) is 5.44. The van der Waals surface area contributed by atoms with Crippen molar-refractivity contribution in [2.45, 2.75) is 26.4 Å². The van der Waals surface area contributed by atoms with Crippen LogP contribution >= 0.6 is 11.3 Å². The highest BCUT2D eigenvalue weighted by molar-refractivity contribution is 7.12. The van der Waals surface area contributed by atoms with Gasteiger partial charge in [-0.3, -0.25) is 0 Å². The SMILES string of the molecule is Cc1cc(C(O)C2(CN)COc3ccccc3C2)c(C)s1. The Morgan fingerprint density at radius 1 is 1.38 bits per heavy atom. The van der Waals surface area contributed by atoms with Crippen LogP contribution in [0.5, 0.6) is 5.75 Å². The third-order valence-electron chi connectivity index (χ3n) is 4.39. The molecule has 0 saturated heterocycles. The maximum atomic E-state index is 11.0. The molecule has 21 heavy (non-hydrogen) atoms. The van der Waals surface area contributed by atoms with Gasteiger partial charge >= 0.3 is 0 Å². The maximum absolute atomic E-state index is 11.0. The Bertz CT molecular complexity index is 652. The number of fused-ring (bicyclic) bond motifs is 1. The molecule has 0 radical (unpaired) electrons. The summed E-state index contributed by atoms with van der Waals surface area (Å²) in [7, 11) is 0. The lowest BCUT2D eigenvalue weighted by Crippen LogP contribution is -2.46. The van der Waals surface area contributed by atoms with Crippen LogP contribution in [0.4, 0.5) is 0 Å². The van der Waals surface area contributed by atoms with Crippen molar-refractivity contribution in [1.82, 2.24) is 0 Å². The Morgan fingerprint density at radius 3 is 2.81 bits per heavy atom. The van der Waals surface area contributed by atoms with E-state index in [1.54, 1.807) is 11.3 Å². The summed E-state index contributed by atoms with van der Waals surface area (Å²) in [6, 6.07) is 10.1. The van der Waals surface area contributed by atoms with E-state index in [0.717, 1.165) is 28.2 Å². The number of aryl methyl sites for hydroxylation is 2. The second-order valence-corrected chi connectivity index (χ2v) is 7.37. The average molecular weight is 303 g/mol. The highest BCUT2D eigenvalue weighted by Crippen LogP contribution is 2.44. The van der Waals surface area contributed by atoms with Gasteiger partial charge < -0.3 is 15.6 Å². The van der Waals surface area contributed by atoms with E-state index in [1.165, 1.54) is 4.88 Å². The fourth-order valence-corrected chi connectivity index (χ4v) is 4.07. The number of hydrogen-bond donors (Lipinski definition) is 2. The lowest BCUT2D eigenvalue weighted by atomic mass is 9.73. The molecule has 1 aliphatic rings. The van der Waals surface area contributed by atoms with Gasteiger partial charge in [0.15, 0.2) is 0 Å². The topological polar surface area (TPSA) is 55.5 Å². The van der Waals surface area contributed by atoms with E-state index in [-0.39, 0.29) is 0 Å². The first-order chi connectivity index (χ1) is 10.1. The highest BCUT2D eigenvalue weighted by Gasteiger charge is 2.42. The normalized spacial score (nSPS) is 22.5. The third-order valence-corrected chi connectivity index (χ3v) is 5.37. The summed E-state index contributed by atoms with van der Waals surface area (Å²) >= 11 is 1.71. The van der Waals surface area contributed by atoms with Gasteiger partial charge in [-0.2, -0.15) is 0 Å². The van der Waals surface area contributed by atoms with Gasteiger partial charge in [-0.25, -0.2) is 0 Å². The van der Waals surface area contributed by atoms with Crippen molar-refractivity contribution in [3.63, 3.8) is 0 Å². The van der Waals surface area contributed by atoms with Gasteiger partial charge in [0.05, 0.1) is 18.1 Å². The molecule has 112 valence electrons. The summed E-state index contributed by atoms with van der Waals surface area (Å²) in [6.07, 6.45) is 0.149. The Morgan fingerprint density at radius 2 is 2.14 bits per heavy atom. The lowest BCUT2D eigenvalue weighted by molar-refractivity contribution is -0.0162. The smallest absolute Gasteiger partial charge is 0.122 e. The zero-order valence-electron chi connectivity index (χ0n) is 12.4. The number of nitrogens with two attached hydrogens (primary N) is 1. The zero-order chi connectivity index (χ0) is 15.0. The van der Waals surface area contributed by atoms with Gasteiger partial charge in [-0.15, -0.1) is 11.3 Å². The van der Waals surface area contributed by atoms with Crippen LogP contribution in [-0.4, -0.2) is 18.3 Å².